The maximum Gasteiger partial charge on any atom is 0.267 e. The van der Waals surface area contributed by atoms with Crippen molar-refractivity contribution in [2.75, 3.05) is 19.8 Å². The van der Waals surface area contributed by atoms with Gasteiger partial charge in [-0.15, -0.1) is 0 Å². The number of nitrogens with one attached hydrogen (secondary N) is 1. The van der Waals surface area contributed by atoms with Gasteiger partial charge in [-0.2, -0.15) is 5.10 Å². The van der Waals surface area contributed by atoms with E-state index in [0.29, 0.717) is 25.5 Å². The molecule has 0 fully saturated rings. The third-order valence-electron chi connectivity index (χ3n) is 4.34. The SMILES string of the molecule is CCOc1ccc(-c2ccc(=O)n(CC(=O)NCCOc3ccc(C)cc3)n2)cc1. The molecule has 0 aliphatic rings. The highest BCUT2D eigenvalue weighted by Crippen LogP contribution is 2.19. The molecule has 0 unspecified atom stereocenters. The van der Waals surface area contributed by atoms with E-state index in [1.807, 2.05) is 62.4 Å². The highest BCUT2D eigenvalue weighted by Gasteiger charge is 2.08. The van der Waals surface area contributed by atoms with E-state index in [9.17, 15) is 9.59 Å². The maximum absolute atomic E-state index is 12.2. The van der Waals surface area contributed by atoms with Crippen LogP contribution in [0.3, 0.4) is 0 Å². The molecule has 1 N–H and O–H groups in total. The molecule has 1 aromatic heterocycles. The molecule has 0 spiro atoms. The van der Waals surface area contributed by atoms with Crippen LogP contribution in [0.2, 0.25) is 0 Å². The first kappa shape index (κ1) is 21.1. The van der Waals surface area contributed by atoms with E-state index in [2.05, 4.69) is 10.4 Å². The first-order valence-corrected chi connectivity index (χ1v) is 9.82. The van der Waals surface area contributed by atoms with E-state index < -0.39 is 0 Å². The Labute approximate surface area is 175 Å². The lowest BCUT2D eigenvalue weighted by Gasteiger charge is -2.10. The van der Waals surface area contributed by atoms with Crippen LogP contribution in [0.15, 0.2) is 65.5 Å². The lowest BCUT2D eigenvalue weighted by Crippen LogP contribution is -2.35. The fraction of sp³-hybridized carbons (Fsp3) is 0.261. The van der Waals surface area contributed by atoms with Crippen molar-refractivity contribution in [1.29, 1.82) is 0 Å². The number of hydrogen-bond acceptors (Lipinski definition) is 5. The maximum atomic E-state index is 12.2. The molecule has 3 aromatic rings. The van der Waals surface area contributed by atoms with Crippen molar-refractivity contribution in [3.05, 3.63) is 76.6 Å². The average molecular weight is 407 g/mol. The van der Waals surface area contributed by atoms with E-state index in [0.717, 1.165) is 27.3 Å². The monoisotopic (exact) mass is 407 g/mol. The van der Waals surface area contributed by atoms with Crippen molar-refractivity contribution >= 4 is 5.91 Å². The summed E-state index contributed by atoms with van der Waals surface area (Å²) in [6.45, 7) is 5.03. The molecule has 2 aromatic carbocycles. The zero-order valence-corrected chi connectivity index (χ0v) is 17.1. The van der Waals surface area contributed by atoms with Gasteiger partial charge in [0.2, 0.25) is 5.91 Å². The number of hydrogen-bond donors (Lipinski definition) is 1. The summed E-state index contributed by atoms with van der Waals surface area (Å²) in [6.07, 6.45) is 0. The van der Waals surface area contributed by atoms with Gasteiger partial charge < -0.3 is 14.8 Å². The third kappa shape index (κ3) is 5.94. The molecular weight excluding hydrogens is 382 g/mol. The average Bonchev–Trinajstić information content (AvgIpc) is 2.75. The number of aromatic nitrogens is 2. The molecule has 0 aliphatic carbocycles. The molecule has 1 amide bonds. The fourth-order valence-electron chi connectivity index (χ4n) is 2.79. The predicted octanol–water partition coefficient (Wildman–Crippen LogP) is 2.81. The van der Waals surface area contributed by atoms with Gasteiger partial charge >= 0.3 is 0 Å². The first-order valence-electron chi connectivity index (χ1n) is 9.82. The highest BCUT2D eigenvalue weighted by atomic mass is 16.5. The molecular formula is C23H25N3O4. The Kier molecular flexibility index (Phi) is 7.21. The Morgan fingerprint density at radius 1 is 0.967 bits per heavy atom. The molecule has 0 atom stereocenters. The molecule has 7 nitrogen and oxygen atoms in total. The highest BCUT2D eigenvalue weighted by molar-refractivity contribution is 5.75. The molecule has 0 bridgehead atoms. The summed E-state index contributed by atoms with van der Waals surface area (Å²) in [5, 5.41) is 7.05. The summed E-state index contributed by atoms with van der Waals surface area (Å²) >= 11 is 0. The van der Waals surface area contributed by atoms with E-state index in [4.69, 9.17) is 9.47 Å². The summed E-state index contributed by atoms with van der Waals surface area (Å²) in [5.74, 6) is 1.21. The molecule has 7 heteroatoms. The van der Waals surface area contributed by atoms with Crippen molar-refractivity contribution in [3.63, 3.8) is 0 Å². The van der Waals surface area contributed by atoms with Gasteiger partial charge in [-0.25, -0.2) is 4.68 Å². The van der Waals surface area contributed by atoms with Crippen molar-refractivity contribution in [2.24, 2.45) is 0 Å². The van der Waals surface area contributed by atoms with Gasteiger partial charge in [0, 0.05) is 11.6 Å². The minimum absolute atomic E-state index is 0.158. The topological polar surface area (TPSA) is 82.5 Å². The molecule has 0 aliphatic heterocycles. The molecule has 0 saturated carbocycles. The smallest absolute Gasteiger partial charge is 0.267 e. The van der Waals surface area contributed by atoms with Gasteiger partial charge in [-0.3, -0.25) is 9.59 Å². The number of carbonyl (C=O) groups excluding carboxylic acids is 1. The van der Waals surface area contributed by atoms with Crippen LogP contribution in [0.5, 0.6) is 11.5 Å². The second-order valence-corrected chi connectivity index (χ2v) is 6.68. The standard InChI is InChI=1S/C23H25N3O4/c1-3-29-19-10-6-18(7-11-19)21-12-13-23(28)26(25-21)16-22(27)24-14-15-30-20-8-4-17(2)5-9-20/h4-13H,3,14-16H2,1-2H3,(H,24,27). The second-order valence-electron chi connectivity index (χ2n) is 6.68. The van der Waals surface area contributed by atoms with Crippen LogP contribution in [-0.2, 0) is 11.3 Å². The number of aryl methyl sites for hydroxylation is 1. The van der Waals surface area contributed by atoms with Gasteiger partial charge in [0.1, 0.15) is 24.7 Å². The van der Waals surface area contributed by atoms with Gasteiger partial charge in [0.15, 0.2) is 0 Å². The van der Waals surface area contributed by atoms with Crippen LogP contribution in [-0.4, -0.2) is 35.4 Å². The van der Waals surface area contributed by atoms with Gasteiger partial charge in [-0.1, -0.05) is 17.7 Å². The molecule has 0 saturated heterocycles. The third-order valence-corrected chi connectivity index (χ3v) is 4.34. The van der Waals surface area contributed by atoms with E-state index in [1.54, 1.807) is 6.07 Å². The van der Waals surface area contributed by atoms with E-state index >= 15 is 0 Å². The van der Waals surface area contributed by atoms with Gasteiger partial charge in [0.25, 0.3) is 5.56 Å². The predicted molar refractivity (Wildman–Crippen MR) is 115 cm³/mol. The Hall–Kier alpha value is -3.61. The molecule has 156 valence electrons. The Morgan fingerprint density at radius 3 is 2.33 bits per heavy atom. The van der Waals surface area contributed by atoms with E-state index in [1.165, 1.54) is 6.07 Å². The minimum Gasteiger partial charge on any atom is -0.494 e. The number of carbonyl (C=O) groups is 1. The quantitative estimate of drug-likeness (QED) is 0.552. The van der Waals surface area contributed by atoms with Crippen LogP contribution in [0, 0.1) is 6.92 Å². The lowest BCUT2D eigenvalue weighted by atomic mass is 10.1. The van der Waals surface area contributed by atoms with Crippen LogP contribution in [0.25, 0.3) is 11.3 Å². The molecule has 1 heterocycles. The van der Waals surface area contributed by atoms with Crippen LogP contribution in [0.1, 0.15) is 12.5 Å². The number of benzene rings is 2. The molecule has 30 heavy (non-hydrogen) atoms. The Bertz CT molecular complexity index is 1030. The zero-order chi connectivity index (χ0) is 21.3. The summed E-state index contributed by atoms with van der Waals surface area (Å²) < 4.78 is 12.2. The van der Waals surface area contributed by atoms with Crippen LogP contribution in [0.4, 0.5) is 0 Å². The van der Waals surface area contributed by atoms with Gasteiger partial charge in [0.05, 0.1) is 18.8 Å². The second kappa shape index (κ2) is 10.2. The summed E-state index contributed by atoms with van der Waals surface area (Å²) in [7, 11) is 0. The van der Waals surface area contributed by atoms with Crippen molar-refractivity contribution in [1.82, 2.24) is 15.1 Å². The summed E-state index contributed by atoms with van der Waals surface area (Å²) in [4.78, 5) is 24.3. The molecule has 3 rings (SSSR count). The number of ether oxygens (including phenoxy) is 2. The van der Waals surface area contributed by atoms with E-state index in [-0.39, 0.29) is 18.0 Å². The van der Waals surface area contributed by atoms with Gasteiger partial charge in [-0.05, 0) is 56.3 Å². The summed E-state index contributed by atoms with van der Waals surface area (Å²) in [5.41, 5.74) is 2.25. The number of rotatable bonds is 9. The number of nitrogens with zero attached hydrogens (tertiary/aromatic N) is 2. The minimum atomic E-state index is -0.337. The summed E-state index contributed by atoms with van der Waals surface area (Å²) in [6, 6.07) is 18.2. The zero-order valence-electron chi connectivity index (χ0n) is 17.1. The Morgan fingerprint density at radius 2 is 1.63 bits per heavy atom. The lowest BCUT2D eigenvalue weighted by molar-refractivity contribution is -0.122. The normalized spacial score (nSPS) is 10.5. The van der Waals surface area contributed by atoms with Crippen LogP contribution < -0.4 is 20.3 Å². The van der Waals surface area contributed by atoms with Crippen molar-refractivity contribution < 1.29 is 14.3 Å². The van der Waals surface area contributed by atoms with Crippen LogP contribution >= 0.6 is 0 Å². The first-order chi connectivity index (χ1) is 14.5. The number of amides is 1. The van der Waals surface area contributed by atoms with Crippen molar-refractivity contribution in [3.8, 4) is 22.8 Å². The molecule has 0 radical (unpaired) electrons. The van der Waals surface area contributed by atoms with Crippen molar-refractivity contribution in [2.45, 2.75) is 20.4 Å². The Balaban J connectivity index is 1.55. The largest absolute Gasteiger partial charge is 0.494 e. The fourth-order valence-corrected chi connectivity index (χ4v) is 2.79.